The molecule has 0 radical (unpaired) electrons. The summed E-state index contributed by atoms with van der Waals surface area (Å²) in [5, 5.41) is 5.64. The van der Waals surface area contributed by atoms with Crippen molar-refractivity contribution < 1.29 is 0 Å². The van der Waals surface area contributed by atoms with Crippen LogP contribution in [0, 0.1) is 0 Å². The fourth-order valence-corrected chi connectivity index (χ4v) is 3.34. The maximum Gasteiger partial charge on any atom is -0.0102 e. The van der Waals surface area contributed by atoms with Gasteiger partial charge in [-0.1, -0.05) is 56.0 Å². The van der Waals surface area contributed by atoms with E-state index in [-0.39, 0.29) is 7.43 Å². The molecule has 0 heterocycles. The Morgan fingerprint density at radius 2 is 1.42 bits per heavy atom. The van der Waals surface area contributed by atoms with Crippen molar-refractivity contribution in [1.29, 1.82) is 0 Å². The SMILES string of the molecule is C.c1ccc2c(c1)ccc1c3c(ccc12)CCCC3. The lowest BCUT2D eigenvalue weighted by Crippen LogP contribution is -2.02. The minimum absolute atomic E-state index is 0. The van der Waals surface area contributed by atoms with Crippen LogP contribution in [-0.4, -0.2) is 0 Å². The van der Waals surface area contributed by atoms with E-state index in [1.807, 2.05) is 0 Å². The molecule has 19 heavy (non-hydrogen) atoms. The number of hydrogen-bond donors (Lipinski definition) is 0. The largest absolute Gasteiger partial charge is 0.0776 e. The average molecular weight is 248 g/mol. The molecule has 0 amide bonds. The first-order chi connectivity index (χ1) is 8.93. The molecule has 0 aromatic heterocycles. The smallest absolute Gasteiger partial charge is 0.0102 e. The molecule has 0 heteroatoms. The minimum Gasteiger partial charge on any atom is -0.0776 e. The van der Waals surface area contributed by atoms with Gasteiger partial charge in [0, 0.05) is 0 Å². The van der Waals surface area contributed by atoms with E-state index < -0.39 is 0 Å². The van der Waals surface area contributed by atoms with E-state index >= 15 is 0 Å². The van der Waals surface area contributed by atoms with Crippen LogP contribution < -0.4 is 0 Å². The van der Waals surface area contributed by atoms with Crippen LogP contribution in [0.3, 0.4) is 0 Å². The molecular weight excluding hydrogens is 228 g/mol. The van der Waals surface area contributed by atoms with Crippen molar-refractivity contribution >= 4 is 21.5 Å². The maximum absolute atomic E-state index is 2.35. The molecule has 3 aromatic carbocycles. The van der Waals surface area contributed by atoms with Gasteiger partial charge in [-0.05, 0) is 58.4 Å². The quantitative estimate of drug-likeness (QED) is 0.460. The summed E-state index contributed by atoms with van der Waals surface area (Å²) in [4.78, 5) is 0. The monoisotopic (exact) mass is 248 g/mol. The van der Waals surface area contributed by atoms with Gasteiger partial charge in [-0.15, -0.1) is 0 Å². The van der Waals surface area contributed by atoms with Crippen LogP contribution in [0.15, 0.2) is 48.5 Å². The third kappa shape index (κ3) is 1.83. The van der Waals surface area contributed by atoms with Crippen LogP contribution in [0.5, 0.6) is 0 Å². The third-order valence-corrected chi connectivity index (χ3v) is 4.26. The van der Waals surface area contributed by atoms with Crippen LogP contribution in [0.1, 0.15) is 31.4 Å². The Hall–Kier alpha value is -1.82. The van der Waals surface area contributed by atoms with Gasteiger partial charge in [0.15, 0.2) is 0 Å². The van der Waals surface area contributed by atoms with Crippen LogP contribution in [0.4, 0.5) is 0 Å². The van der Waals surface area contributed by atoms with Crippen LogP contribution in [0.2, 0.25) is 0 Å². The van der Waals surface area contributed by atoms with Gasteiger partial charge in [0.25, 0.3) is 0 Å². The predicted molar refractivity (Wildman–Crippen MR) is 84.8 cm³/mol. The minimum atomic E-state index is 0. The van der Waals surface area contributed by atoms with E-state index in [2.05, 4.69) is 48.5 Å². The molecule has 0 aliphatic heterocycles. The number of aryl methyl sites for hydroxylation is 2. The normalized spacial score (nSPS) is 14.1. The summed E-state index contributed by atoms with van der Waals surface area (Å²) < 4.78 is 0. The van der Waals surface area contributed by atoms with Crippen molar-refractivity contribution in [1.82, 2.24) is 0 Å². The molecule has 1 aliphatic carbocycles. The number of fused-ring (bicyclic) bond motifs is 5. The molecule has 0 nitrogen and oxygen atoms in total. The lowest BCUT2D eigenvalue weighted by molar-refractivity contribution is 0.690. The van der Waals surface area contributed by atoms with E-state index in [1.165, 1.54) is 47.2 Å². The fraction of sp³-hybridized carbons (Fsp3) is 0.263. The first-order valence-electron chi connectivity index (χ1n) is 6.86. The highest BCUT2D eigenvalue weighted by atomic mass is 14.2. The van der Waals surface area contributed by atoms with Gasteiger partial charge < -0.3 is 0 Å². The first kappa shape index (κ1) is 12.2. The van der Waals surface area contributed by atoms with Crippen LogP contribution >= 0.6 is 0 Å². The van der Waals surface area contributed by atoms with Gasteiger partial charge >= 0.3 is 0 Å². The van der Waals surface area contributed by atoms with Crippen LogP contribution in [-0.2, 0) is 12.8 Å². The van der Waals surface area contributed by atoms with Crippen molar-refractivity contribution in [3.8, 4) is 0 Å². The molecule has 0 bridgehead atoms. The Morgan fingerprint density at radius 1 is 0.632 bits per heavy atom. The van der Waals surface area contributed by atoms with Gasteiger partial charge in [-0.3, -0.25) is 0 Å². The second kappa shape index (κ2) is 4.70. The third-order valence-electron chi connectivity index (χ3n) is 4.26. The summed E-state index contributed by atoms with van der Waals surface area (Å²) in [6.45, 7) is 0. The Balaban J connectivity index is 0.00000110. The summed E-state index contributed by atoms with van der Waals surface area (Å²) in [5.41, 5.74) is 3.17. The van der Waals surface area contributed by atoms with Crippen molar-refractivity contribution in [2.24, 2.45) is 0 Å². The predicted octanol–water partition coefficient (Wildman–Crippen LogP) is 5.51. The Bertz CT molecular complexity index is 737. The molecule has 0 fully saturated rings. The summed E-state index contributed by atoms with van der Waals surface area (Å²) in [5.74, 6) is 0. The Labute approximate surface area is 115 Å². The van der Waals surface area contributed by atoms with Gasteiger partial charge in [0.05, 0.1) is 0 Å². The first-order valence-corrected chi connectivity index (χ1v) is 6.86. The molecule has 0 saturated heterocycles. The number of rotatable bonds is 0. The van der Waals surface area contributed by atoms with Crippen molar-refractivity contribution in [2.75, 3.05) is 0 Å². The zero-order valence-corrected chi connectivity index (χ0v) is 10.4. The molecule has 0 atom stereocenters. The highest BCUT2D eigenvalue weighted by molar-refractivity contribution is 6.08. The summed E-state index contributed by atoms with van der Waals surface area (Å²) in [6.07, 6.45) is 5.22. The second-order valence-corrected chi connectivity index (χ2v) is 5.29. The average Bonchev–Trinajstić information content (AvgIpc) is 2.46. The lowest BCUT2D eigenvalue weighted by Gasteiger charge is -2.18. The molecule has 3 aromatic rings. The van der Waals surface area contributed by atoms with Gasteiger partial charge in [-0.2, -0.15) is 0 Å². The second-order valence-electron chi connectivity index (χ2n) is 5.29. The maximum atomic E-state index is 2.35. The summed E-state index contributed by atoms with van der Waals surface area (Å²) >= 11 is 0. The standard InChI is InChI=1S/C18H16.CH4/c1-3-7-15-13(5-1)9-11-18-16-8-4-2-6-14(16)10-12-17(15)18;/h1,3,5,7,9-12H,2,4,6,8H2;1H4. The molecule has 0 spiro atoms. The Kier molecular flexibility index (Phi) is 3.02. The molecule has 4 rings (SSSR count). The van der Waals surface area contributed by atoms with Gasteiger partial charge in [0.1, 0.15) is 0 Å². The lowest BCUT2D eigenvalue weighted by atomic mass is 9.86. The van der Waals surface area contributed by atoms with Crippen molar-refractivity contribution in [2.45, 2.75) is 33.1 Å². The van der Waals surface area contributed by atoms with Crippen molar-refractivity contribution in [3.05, 3.63) is 59.7 Å². The number of benzene rings is 3. The summed E-state index contributed by atoms with van der Waals surface area (Å²) in [7, 11) is 0. The Morgan fingerprint density at radius 3 is 2.37 bits per heavy atom. The molecule has 1 aliphatic rings. The van der Waals surface area contributed by atoms with E-state index in [1.54, 1.807) is 11.1 Å². The van der Waals surface area contributed by atoms with E-state index in [0.717, 1.165) is 0 Å². The fourth-order valence-electron chi connectivity index (χ4n) is 3.34. The molecule has 96 valence electrons. The van der Waals surface area contributed by atoms with Gasteiger partial charge in [0.2, 0.25) is 0 Å². The number of hydrogen-bond acceptors (Lipinski definition) is 0. The molecule has 0 unspecified atom stereocenters. The highest BCUT2D eigenvalue weighted by Crippen LogP contribution is 2.32. The molecular formula is C19H20. The van der Waals surface area contributed by atoms with Gasteiger partial charge in [-0.25, -0.2) is 0 Å². The zero-order chi connectivity index (χ0) is 11.9. The topological polar surface area (TPSA) is 0 Å². The van der Waals surface area contributed by atoms with E-state index in [0.29, 0.717) is 0 Å². The molecule has 0 N–H and O–H groups in total. The summed E-state index contributed by atoms with van der Waals surface area (Å²) in [6, 6.07) is 18.0. The zero-order valence-electron chi connectivity index (χ0n) is 10.4. The highest BCUT2D eigenvalue weighted by Gasteiger charge is 2.12. The van der Waals surface area contributed by atoms with E-state index in [4.69, 9.17) is 0 Å². The van der Waals surface area contributed by atoms with Crippen LogP contribution in [0.25, 0.3) is 21.5 Å². The van der Waals surface area contributed by atoms with E-state index in [9.17, 15) is 0 Å². The molecule has 0 saturated carbocycles. The van der Waals surface area contributed by atoms with Crippen molar-refractivity contribution in [3.63, 3.8) is 0 Å².